The first kappa shape index (κ1) is 30.2. The van der Waals surface area contributed by atoms with Crippen molar-refractivity contribution in [3.8, 4) is 5.75 Å². The van der Waals surface area contributed by atoms with E-state index in [1.165, 1.54) is 43.7 Å². The summed E-state index contributed by atoms with van der Waals surface area (Å²) >= 11 is 0. The smallest absolute Gasteiger partial charge is 0.337 e. The van der Waals surface area contributed by atoms with E-state index in [2.05, 4.69) is 20.0 Å². The maximum Gasteiger partial charge on any atom is 0.337 e. The molecule has 0 aliphatic heterocycles. The molecule has 14 heteroatoms. The molecule has 4 aromatic carbocycles. The predicted octanol–water partition coefficient (Wildman–Crippen LogP) is 4.91. The zero-order valence-electron chi connectivity index (χ0n) is 22.5. The van der Waals surface area contributed by atoms with Crippen LogP contribution in [0.4, 0.5) is 17.1 Å². The summed E-state index contributed by atoms with van der Waals surface area (Å²) in [5.41, 5.74) is 3.39. The van der Waals surface area contributed by atoms with E-state index >= 15 is 0 Å². The highest BCUT2D eigenvalue weighted by Gasteiger charge is 2.23. The number of hydrogen-bond acceptors (Lipinski definition) is 10. The molecular formula is C29H24N4O9S. The van der Waals surface area contributed by atoms with Crippen molar-refractivity contribution >= 4 is 45.2 Å². The van der Waals surface area contributed by atoms with Crippen molar-refractivity contribution < 1.29 is 37.5 Å². The van der Waals surface area contributed by atoms with E-state index in [0.29, 0.717) is 16.9 Å². The molecule has 0 spiro atoms. The Morgan fingerprint density at radius 3 is 2.33 bits per heavy atom. The number of carbonyl (C=O) groups excluding carboxylic acids is 1. The van der Waals surface area contributed by atoms with Crippen molar-refractivity contribution in [2.24, 2.45) is 5.10 Å². The van der Waals surface area contributed by atoms with Gasteiger partial charge < -0.3 is 14.6 Å². The van der Waals surface area contributed by atoms with Gasteiger partial charge >= 0.3 is 11.9 Å². The summed E-state index contributed by atoms with van der Waals surface area (Å²) in [4.78, 5) is 33.4. The van der Waals surface area contributed by atoms with E-state index in [1.54, 1.807) is 48.5 Å². The van der Waals surface area contributed by atoms with E-state index in [0.717, 1.165) is 17.7 Å². The summed E-state index contributed by atoms with van der Waals surface area (Å²) in [7, 11) is -3.04. The van der Waals surface area contributed by atoms with Gasteiger partial charge in [-0.25, -0.2) is 18.0 Å². The van der Waals surface area contributed by atoms with Crippen LogP contribution >= 0.6 is 0 Å². The number of hydrazone groups is 1. The molecule has 0 fully saturated rings. The van der Waals surface area contributed by atoms with Crippen molar-refractivity contribution in [2.45, 2.75) is 11.5 Å². The number of nitro groups is 1. The van der Waals surface area contributed by atoms with Gasteiger partial charge in [0.2, 0.25) is 0 Å². The van der Waals surface area contributed by atoms with Crippen molar-refractivity contribution in [1.82, 2.24) is 0 Å². The molecule has 0 radical (unpaired) electrons. The number of methoxy groups -OCH3 is 1. The van der Waals surface area contributed by atoms with Crippen LogP contribution in [0.3, 0.4) is 0 Å². The lowest BCUT2D eigenvalue weighted by molar-refractivity contribution is -0.384. The molecular weight excluding hydrogens is 580 g/mol. The molecule has 13 nitrogen and oxygen atoms in total. The van der Waals surface area contributed by atoms with E-state index in [-0.39, 0.29) is 23.5 Å². The molecule has 0 aliphatic carbocycles. The highest BCUT2D eigenvalue weighted by molar-refractivity contribution is 7.92. The fraction of sp³-hybridized carbons (Fsp3) is 0.0690. The predicted molar refractivity (Wildman–Crippen MR) is 157 cm³/mol. The average molecular weight is 605 g/mol. The number of benzene rings is 4. The van der Waals surface area contributed by atoms with Gasteiger partial charge in [0.25, 0.3) is 15.7 Å². The molecule has 0 aromatic heterocycles. The van der Waals surface area contributed by atoms with Crippen LogP contribution in [-0.2, 0) is 21.4 Å². The topological polar surface area (TPSA) is 187 Å². The van der Waals surface area contributed by atoms with Gasteiger partial charge in [0.1, 0.15) is 18.0 Å². The summed E-state index contributed by atoms with van der Waals surface area (Å²) in [5.74, 6) is -1.19. The average Bonchev–Trinajstić information content (AvgIpc) is 3.00. The summed E-state index contributed by atoms with van der Waals surface area (Å²) in [5, 5.41) is 25.0. The molecule has 0 amide bonds. The van der Waals surface area contributed by atoms with Gasteiger partial charge in [-0.05, 0) is 71.8 Å². The van der Waals surface area contributed by atoms with Gasteiger partial charge in [-0.3, -0.25) is 20.3 Å². The summed E-state index contributed by atoms with van der Waals surface area (Å²) in [6, 6.07) is 22.2. The van der Waals surface area contributed by atoms with Crippen LogP contribution in [0.25, 0.3) is 0 Å². The molecule has 0 aliphatic rings. The van der Waals surface area contributed by atoms with Gasteiger partial charge in [0.05, 0.1) is 40.0 Å². The minimum Gasteiger partial charge on any atom is -0.489 e. The van der Waals surface area contributed by atoms with Crippen LogP contribution in [0.15, 0.2) is 101 Å². The molecule has 0 heterocycles. The minimum absolute atomic E-state index is 0.0655. The highest BCUT2D eigenvalue weighted by Crippen LogP contribution is 2.29. The Morgan fingerprint density at radius 1 is 0.977 bits per heavy atom. The van der Waals surface area contributed by atoms with Crippen molar-refractivity contribution in [3.05, 3.63) is 123 Å². The second-order valence-corrected chi connectivity index (χ2v) is 10.5. The first-order valence-corrected chi connectivity index (χ1v) is 13.9. The summed E-state index contributed by atoms with van der Waals surface area (Å²) in [6.07, 6.45) is 1.41. The Kier molecular flexibility index (Phi) is 9.32. The Labute approximate surface area is 245 Å². The largest absolute Gasteiger partial charge is 0.489 e. The fourth-order valence-electron chi connectivity index (χ4n) is 3.73. The normalized spacial score (nSPS) is 11.1. The van der Waals surface area contributed by atoms with Crippen LogP contribution in [0.1, 0.15) is 31.8 Å². The van der Waals surface area contributed by atoms with Crippen molar-refractivity contribution in [3.63, 3.8) is 0 Å². The van der Waals surface area contributed by atoms with Gasteiger partial charge in [-0.15, -0.1) is 0 Å². The van der Waals surface area contributed by atoms with Gasteiger partial charge in [-0.2, -0.15) is 5.10 Å². The van der Waals surface area contributed by atoms with E-state index in [4.69, 9.17) is 4.74 Å². The second-order valence-electron chi connectivity index (χ2n) is 8.81. The number of ether oxygens (including phenoxy) is 2. The number of esters is 1. The van der Waals surface area contributed by atoms with Crippen LogP contribution in [0, 0.1) is 10.1 Å². The molecule has 3 N–H and O–H groups in total. The number of aromatic carboxylic acids is 1. The number of para-hydroxylation sites is 1. The molecule has 0 saturated carbocycles. The van der Waals surface area contributed by atoms with Gasteiger partial charge in [0.15, 0.2) is 0 Å². The Hall–Kier alpha value is -5.76. The van der Waals surface area contributed by atoms with Crippen LogP contribution < -0.4 is 14.9 Å². The molecule has 0 atom stereocenters. The molecule has 220 valence electrons. The van der Waals surface area contributed by atoms with E-state index in [9.17, 15) is 33.2 Å². The minimum atomic E-state index is -4.35. The summed E-state index contributed by atoms with van der Waals surface area (Å²) in [6.45, 7) is 0.271. The number of carbonyl (C=O) groups is 2. The quantitative estimate of drug-likeness (QED) is 0.0868. The zero-order chi connectivity index (χ0) is 31.0. The first-order chi connectivity index (χ1) is 20.6. The number of sulfonamides is 1. The number of hydrogen-bond donors (Lipinski definition) is 3. The number of rotatable bonds is 12. The SMILES string of the molecule is COC(=O)c1ccc(COc2ccc(/C=N/Nc3ccc(S(=O)(=O)Nc4ccccc4C(=O)O)cc3[N+](=O)[O-])cc2)cc1. The second kappa shape index (κ2) is 13.3. The maximum atomic E-state index is 12.9. The number of anilines is 2. The third kappa shape index (κ3) is 7.71. The van der Waals surface area contributed by atoms with Crippen LogP contribution in [0.2, 0.25) is 0 Å². The standard InChI is InChI=1S/C29H24N4O9S/c1-41-29(36)21-10-6-20(7-11-21)18-42-22-12-8-19(9-13-22)17-30-31-26-15-14-23(16-27(26)33(37)38)43(39,40)32-25-5-3-2-4-24(25)28(34)35/h2-17,31-32H,18H2,1H3,(H,34,35)/b30-17+. The number of nitrogens with one attached hydrogen (secondary N) is 2. The van der Waals surface area contributed by atoms with Gasteiger partial charge in [-0.1, -0.05) is 24.3 Å². The number of carboxylic acids is 1. The zero-order valence-corrected chi connectivity index (χ0v) is 23.3. The van der Waals surface area contributed by atoms with Crippen molar-refractivity contribution in [2.75, 3.05) is 17.3 Å². The molecule has 0 bridgehead atoms. The Balaban J connectivity index is 1.40. The molecule has 4 aromatic rings. The summed E-state index contributed by atoms with van der Waals surface area (Å²) < 4.78 is 38.3. The molecule has 0 saturated heterocycles. The molecule has 0 unspecified atom stereocenters. The van der Waals surface area contributed by atoms with Crippen LogP contribution in [-0.4, -0.2) is 43.7 Å². The van der Waals surface area contributed by atoms with Crippen molar-refractivity contribution in [1.29, 1.82) is 0 Å². The van der Waals surface area contributed by atoms with Gasteiger partial charge in [0, 0.05) is 6.07 Å². The number of nitrogens with zero attached hydrogens (tertiary/aromatic N) is 2. The van der Waals surface area contributed by atoms with Crippen LogP contribution in [0.5, 0.6) is 5.75 Å². The first-order valence-electron chi connectivity index (χ1n) is 12.4. The van der Waals surface area contributed by atoms with E-state index in [1.807, 2.05) is 0 Å². The highest BCUT2D eigenvalue weighted by atomic mass is 32.2. The fourth-order valence-corrected chi connectivity index (χ4v) is 4.83. The number of nitro benzene ring substituents is 1. The maximum absolute atomic E-state index is 12.9. The Bertz CT molecular complexity index is 1790. The lowest BCUT2D eigenvalue weighted by Gasteiger charge is -2.11. The molecule has 43 heavy (non-hydrogen) atoms. The molecule has 4 rings (SSSR count). The third-order valence-corrected chi connectivity index (χ3v) is 7.30. The Morgan fingerprint density at radius 2 is 1.67 bits per heavy atom. The third-order valence-electron chi connectivity index (χ3n) is 5.94. The monoisotopic (exact) mass is 604 g/mol. The lowest BCUT2D eigenvalue weighted by atomic mass is 10.1. The lowest BCUT2D eigenvalue weighted by Crippen LogP contribution is -2.16. The van der Waals surface area contributed by atoms with E-state index < -0.39 is 37.5 Å². The number of carboxylic acid groups (broad SMARTS) is 1.